The number of benzene rings is 1. The number of aryl methyl sites for hydroxylation is 3. The van der Waals surface area contributed by atoms with Gasteiger partial charge in [0, 0.05) is 25.8 Å². The SMILES string of the molecule is CN=C(NCc1nc(C)c(C)o1)NCc1ccc(C)cc1OCC1CCCO1. The third-order valence-corrected chi connectivity index (χ3v) is 4.82. The minimum Gasteiger partial charge on any atom is -0.491 e. The van der Waals surface area contributed by atoms with Crippen LogP contribution in [0.5, 0.6) is 5.75 Å². The second-order valence-corrected chi connectivity index (χ2v) is 7.09. The molecule has 2 aromatic rings. The van der Waals surface area contributed by atoms with Crippen LogP contribution in [0, 0.1) is 20.8 Å². The van der Waals surface area contributed by atoms with Crippen molar-refractivity contribution in [2.75, 3.05) is 20.3 Å². The second-order valence-electron chi connectivity index (χ2n) is 7.09. The first-order valence-corrected chi connectivity index (χ1v) is 9.76. The predicted molar refractivity (Wildman–Crippen MR) is 109 cm³/mol. The van der Waals surface area contributed by atoms with Gasteiger partial charge in [-0.1, -0.05) is 12.1 Å². The normalized spacial score (nSPS) is 17.0. The van der Waals surface area contributed by atoms with Crippen molar-refractivity contribution in [2.45, 2.75) is 52.8 Å². The van der Waals surface area contributed by atoms with Crippen LogP contribution in [-0.4, -0.2) is 37.3 Å². The zero-order valence-corrected chi connectivity index (χ0v) is 17.2. The molecule has 2 heterocycles. The highest BCUT2D eigenvalue weighted by Crippen LogP contribution is 2.22. The van der Waals surface area contributed by atoms with Gasteiger partial charge in [0.15, 0.2) is 5.96 Å². The molecule has 1 saturated heterocycles. The summed E-state index contributed by atoms with van der Waals surface area (Å²) in [6, 6.07) is 6.24. The van der Waals surface area contributed by atoms with Crippen LogP contribution < -0.4 is 15.4 Å². The van der Waals surface area contributed by atoms with E-state index in [1.807, 2.05) is 13.8 Å². The monoisotopic (exact) mass is 386 g/mol. The Morgan fingerprint density at radius 1 is 1.25 bits per heavy atom. The molecule has 7 nitrogen and oxygen atoms in total. The van der Waals surface area contributed by atoms with Crippen LogP contribution in [0.25, 0.3) is 0 Å². The molecule has 0 spiro atoms. The third kappa shape index (κ3) is 5.48. The number of ether oxygens (including phenoxy) is 2. The summed E-state index contributed by atoms with van der Waals surface area (Å²) in [5.74, 6) is 3.05. The molecule has 2 N–H and O–H groups in total. The molecule has 0 saturated carbocycles. The van der Waals surface area contributed by atoms with Crippen LogP contribution in [-0.2, 0) is 17.8 Å². The van der Waals surface area contributed by atoms with Gasteiger partial charge in [-0.3, -0.25) is 4.99 Å². The van der Waals surface area contributed by atoms with Gasteiger partial charge in [-0.05, 0) is 45.2 Å². The molecular formula is C21H30N4O3. The molecule has 0 amide bonds. The molecule has 1 aromatic heterocycles. The molecule has 3 rings (SSSR count). The fourth-order valence-corrected chi connectivity index (χ4v) is 3.07. The van der Waals surface area contributed by atoms with Crippen LogP contribution in [0.15, 0.2) is 27.6 Å². The lowest BCUT2D eigenvalue weighted by Crippen LogP contribution is -2.36. The third-order valence-electron chi connectivity index (χ3n) is 4.82. The summed E-state index contributed by atoms with van der Waals surface area (Å²) in [4.78, 5) is 8.64. The van der Waals surface area contributed by atoms with Gasteiger partial charge in [-0.25, -0.2) is 4.98 Å². The van der Waals surface area contributed by atoms with Gasteiger partial charge >= 0.3 is 0 Å². The number of rotatable bonds is 7. The molecule has 1 unspecified atom stereocenters. The van der Waals surface area contributed by atoms with E-state index in [2.05, 4.69) is 45.7 Å². The quantitative estimate of drug-likeness (QED) is 0.562. The van der Waals surface area contributed by atoms with Gasteiger partial charge in [0.05, 0.1) is 18.3 Å². The zero-order valence-electron chi connectivity index (χ0n) is 17.2. The highest BCUT2D eigenvalue weighted by Gasteiger charge is 2.17. The molecule has 28 heavy (non-hydrogen) atoms. The predicted octanol–water partition coefficient (Wildman–Crippen LogP) is 3.02. The first-order valence-electron chi connectivity index (χ1n) is 9.76. The van der Waals surface area contributed by atoms with Gasteiger partial charge in [-0.2, -0.15) is 0 Å². The highest BCUT2D eigenvalue weighted by molar-refractivity contribution is 5.79. The minimum atomic E-state index is 0.198. The Kier molecular flexibility index (Phi) is 6.92. The number of guanidine groups is 1. The number of hydrogen-bond donors (Lipinski definition) is 2. The number of nitrogens with zero attached hydrogens (tertiary/aromatic N) is 2. The zero-order chi connectivity index (χ0) is 19.9. The Morgan fingerprint density at radius 3 is 2.75 bits per heavy atom. The maximum atomic E-state index is 6.06. The lowest BCUT2D eigenvalue weighted by molar-refractivity contribution is 0.0676. The Labute approximate surface area is 166 Å². The van der Waals surface area contributed by atoms with Crippen LogP contribution in [0.1, 0.15) is 41.3 Å². The van der Waals surface area contributed by atoms with Gasteiger partial charge in [0.1, 0.15) is 18.1 Å². The van der Waals surface area contributed by atoms with Gasteiger partial charge in [0.25, 0.3) is 0 Å². The summed E-state index contributed by atoms with van der Waals surface area (Å²) in [7, 11) is 1.74. The van der Waals surface area contributed by atoms with Crippen molar-refractivity contribution in [3.63, 3.8) is 0 Å². The van der Waals surface area contributed by atoms with Crippen molar-refractivity contribution in [1.29, 1.82) is 0 Å². The van der Waals surface area contributed by atoms with Crippen LogP contribution in [0.4, 0.5) is 0 Å². The molecule has 1 fully saturated rings. The molecule has 1 aliphatic heterocycles. The van der Waals surface area contributed by atoms with E-state index in [0.29, 0.717) is 31.5 Å². The Bertz CT molecular complexity index is 790. The van der Waals surface area contributed by atoms with Gasteiger partial charge in [0.2, 0.25) is 5.89 Å². The fraction of sp³-hybridized carbons (Fsp3) is 0.524. The summed E-state index contributed by atoms with van der Waals surface area (Å²) >= 11 is 0. The lowest BCUT2D eigenvalue weighted by atomic mass is 10.1. The van der Waals surface area contributed by atoms with E-state index in [1.54, 1.807) is 7.05 Å². The van der Waals surface area contributed by atoms with Crippen molar-refractivity contribution in [1.82, 2.24) is 15.6 Å². The molecule has 1 atom stereocenters. The first-order chi connectivity index (χ1) is 13.5. The van der Waals surface area contributed by atoms with Crippen LogP contribution >= 0.6 is 0 Å². The largest absolute Gasteiger partial charge is 0.491 e. The van der Waals surface area contributed by atoms with E-state index in [1.165, 1.54) is 5.56 Å². The van der Waals surface area contributed by atoms with Crippen LogP contribution in [0.3, 0.4) is 0 Å². The van der Waals surface area contributed by atoms with E-state index in [0.717, 1.165) is 42.2 Å². The number of oxazole rings is 1. The first kappa shape index (κ1) is 20.2. The Balaban J connectivity index is 1.55. The lowest BCUT2D eigenvalue weighted by Gasteiger charge is -2.17. The van der Waals surface area contributed by atoms with Gasteiger partial charge < -0.3 is 24.5 Å². The average molecular weight is 386 g/mol. The summed E-state index contributed by atoms with van der Waals surface area (Å²) in [5.41, 5.74) is 3.16. The number of hydrogen-bond acceptors (Lipinski definition) is 5. The van der Waals surface area contributed by atoms with E-state index >= 15 is 0 Å². The molecule has 1 aromatic carbocycles. The molecule has 0 radical (unpaired) electrons. The van der Waals surface area contributed by atoms with E-state index < -0.39 is 0 Å². The van der Waals surface area contributed by atoms with E-state index in [-0.39, 0.29) is 6.10 Å². The number of aliphatic imine (C=N–C) groups is 1. The summed E-state index contributed by atoms with van der Waals surface area (Å²) in [5, 5.41) is 6.55. The number of aromatic nitrogens is 1. The van der Waals surface area contributed by atoms with Crippen molar-refractivity contribution < 1.29 is 13.9 Å². The van der Waals surface area contributed by atoms with Crippen molar-refractivity contribution in [2.24, 2.45) is 4.99 Å². The Hall–Kier alpha value is -2.54. The highest BCUT2D eigenvalue weighted by atomic mass is 16.5. The van der Waals surface area contributed by atoms with Crippen molar-refractivity contribution in [3.05, 3.63) is 46.7 Å². The van der Waals surface area contributed by atoms with Crippen molar-refractivity contribution >= 4 is 5.96 Å². The van der Waals surface area contributed by atoms with E-state index in [4.69, 9.17) is 13.9 Å². The fourth-order valence-electron chi connectivity index (χ4n) is 3.07. The Morgan fingerprint density at radius 2 is 2.07 bits per heavy atom. The summed E-state index contributed by atoms with van der Waals surface area (Å²) in [6.45, 7) is 8.42. The molecular weight excluding hydrogens is 356 g/mol. The van der Waals surface area contributed by atoms with Gasteiger partial charge in [-0.15, -0.1) is 0 Å². The summed E-state index contributed by atoms with van der Waals surface area (Å²) < 4.78 is 17.3. The smallest absolute Gasteiger partial charge is 0.214 e. The molecule has 7 heteroatoms. The second kappa shape index (κ2) is 9.59. The molecule has 0 bridgehead atoms. The average Bonchev–Trinajstić information content (AvgIpc) is 3.31. The maximum absolute atomic E-state index is 6.06. The minimum absolute atomic E-state index is 0.198. The molecule has 1 aliphatic rings. The number of nitrogens with one attached hydrogen (secondary N) is 2. The summed E-state index contributed by atoms with van der Waals surface area (Å²) in [6.07, 6.45) is 2.38. The molecule has 152 valence electrons. The standard InChI is InChI=1S/C21H30N4O3/c1-14-7-8-17(19(10-14)27-13-18-6-5-9-26-18)11-23-21(22-4)24-12-20-25-15(2)16(3)28-20/h7-8,10,18H,5-6,9,11-13H2,1-4H3,(H2,22,23,24). The van der Waals surface area contributed by atoms with Crippen LogP contribution in [0.2, 0.25) is 0 Å². The van der Waals surface area contributed by atoms with Crippen molar-refractivity contribution in [3.8, 4) is 5.75 Å². The molecule has 0 aliphatic carbocycles. The van der Waals surface area contributed by atoms with E-state index in [9.17, 15) is 0 Å². The topological polar surface area (TPSA) is 80.9 Å². The maximum Gasteiger partial charge on any atom is 0.214 e.